The predicted octanol–water partition coefficient (Wildman–Crippen LogP) is 3.74. The first kappa shape index (κ1) is 16.8. The van der Waals surface area contributed by atoms with Crippen LogP contribution in [0, 0.1) is 0 Å². The summed E-state index contributed by atoms with van der Waals surface area (Å²) >= 11 is 6.03. The molecule has 0 spiro atoms. The van der Waals surface area contributed by atoms with Crippen LogP contribution in [0.3, 0.4) is 0 Å². The summed E-state index contributed by atoms with van der Waals surface area (Å²) < 4.78 is 0. The van der Waals surface area contributed by atoms with Crippen molar-refractivity contribution < 1.29 is 9.59 Å². The minimum Gasteiger partial charge on any atom is -0.383 e. The van der Waals surface area contributed by atoms with E-state index in [-0.39, 0.29) is 11.8 Å². The molecule has 0 bridgehead atoms. The van der Waals surface area contributed by atoms with E-state index in [1.165, 1.54) is 6.92 Å². The van der Waals surface area contributed by atoms with E-state index in [2.05, 4.69) is 16.0 Å². The highest BCUT2D eigenvalue weighted by atomic mass is 35.5. The number of hydrogen-bond acceptors (Lipinski definition) is 3. The van der Waals surface area contributed by atoms with Crippen molar-refractivity contribution in [1.82, 2.24) is 0 Å². The molecule has 0 saturated heterocycles. The third-order valence-corrected chi connectivity index (χ3v) is 3.36. The van der Waals surface area contributed by atoms with Gasteiger partial charge in [-0.2, -0.15) is 0 Å². The lowest BCUT2D eigenvalue weighted by atomic mass is 10.2. The summed E-state index contributed by atoms with van der Waals surface area (Å²) in [7, 11) is 0. The fraction of sp³-hybridized carbons (Fsp3) is 0.176. The zero-order valence-electron chi connectivity index (χ0n) is 12.7. The smallest absolute Gasteiger partial charge is 0.226 e. The monoisotopic (exact) mass is 331 g/mol. The maximum absolute atomic E-state index is 11.9. The number of benzene rings is 2. The van der Waals surface area contributed by atoms with E-state index in [0.717, 1.165) is 5.69 Å². The molecule has 0 aliphatic carbocycles. The Hall–Kier alpha value is -2.53. The van der Waals surface area contributed by atoms with E-state index < -0.39 is 0 Å². The van der Waals surface area contributed by atoms with Gasteiger partial charge in [-0.1, -0.05) is 23.7 Å². The first-order chi connectivity index (χ1) is 11.0. The molecule has 0 atom stereocenters. The number of nitrogens with one attached hydrogen (secondary N) is 3. The van der Waals surface area contributed by atoms with Crippen molar-refractivity contribution in [3.05, 3.63) is 53.6 Å². The zero-order valence-corrected chi connectivity index (χ0v) is 13.5. The summed E-state index contributed by atoms with van der Waals surface area (Å²) in [6.45, 7) is 1.93. The predicted molar refractivity (Wildman–Crippen MR) is 93.9 cm³/mol. The number of carbonyl (C=O) groups is 2. The number of anilines is 3. The Kier molecular flexibility index (Phi) is 6.00. The van der Waals surface area contributed by atoms with E-state index in [0.29, 0.717) is 29.4 Å². The minimum absolute atomic E-state index is 0.100. The molecular formula is C17H18ClN3O2. The van der Waals surface area contributed by atoms with Gasteiger partial charge in [0.05, 0.1) is 10.7 Å². The Balaban J connectivity index is 1.78. The normalized spacial score (nSPS) is 10.0. The lowest BCUT2D eigenvalue weighted by molar-refractivity contribution is -0.116. The Morgan fingerprint density at radius 3 is 2.17 bits per heavy atom. The molecule has 0 fully saturated rings. The van der Waals surface area contributed by atoms with E-state index >= 15 is 0 Å². The maximum Gasteiger partial charge on any atom is 0.226 e. The second-order valence-corrected chi connectivity index (χ2v) is 5.37. The molecule has 0 aromatic heterocycles. The summed E-state index contributed by atoms with van der Waals surface area (Å²) in [5.41, 5.74) is 2.18. The second kappa shape index (κ2) is 8.19. The van der Waals surface area contributed by atoms with E-state index in [4.69, 9.17) is 11.6 Å². The van der Waals surface area contributed by atoms with Gasteiger partial charge in [0.2, 0.25) is 11.8 Å². The van der Waals surface area contributed by atoms with Gasteiger partial charge >= 0.3 is 0 Å². The van der Waals surface area contributed by atoms with Gasteiger partial charge in [0.1, 0.15) is 0 Å². The molecular weight excluding hydrogens is 314 g/mol. The molecule has 120 valence electrons. The number of amides is 2. The Morgan fingerprint density at radius 1 is 0.957 bits per heavy atom. The molecule has 2 amide bonds. The van der Waals surface area contributed by atoms with E-state index in [1.54, 1.807) is 30.3 Å². The Morgan fingerprint density at radius 2 is 1.57 bits per heavy atom. The molecule has 0 aliphatic heterocycles. The topological polar surface area (TPSA) is 70.2 Å². The van der Waals surface area contributed by atoms with Crippen molar-refractivity contribution >= 4 is 40.5 Å². The Bertz CT molecular complexity index is 686. The second-order valence-electron chi connectivity index (χ2n) is 4.96. The van der Waals surface area contributed by atoms with Gasteiger partial charge in [-0.3, -0.25) is 9.59 Å². The molecule has 0 radical (unpaired) electrons. The molecule has 0 unspecified atom stereocenters. The molecule has 23 heavy (non-hydrogen) atoms. The van der Waals surface area contributed by atoms with Crippen LogP contribution in [0.4, 0.5) is 17.1 Å². The number of hydrogen-bond donors (Lipinski definition) is 3. The number of para-hydroxylation sites is 1. The largest absolute Gasteiger partial charge is 0.383 e. The SMILES string of the molecule is CC(=O)Nc1ccc(NC(=O)CCNc2ccccc2Cl)cc1. The van der Waals surface area contributed by atoms with Crippen LogP contribution in [0.15, 0.2) is 48.5 Å². The fourth-order valence-electron chi connectivity index (χ4n) is 1.98. The van der Waals surface area contributed by atoms with Gasteiger partial charge in [0, 0.05) is 31.3 Å². The first-order valence-electron chi connectivity index (χ1n) is 7.20. The first-order valence-corrected chi connectivity index (χ1v) is 7.58. The molecule has 6 heteroatoms. The third-order valence-electron chi connectivity index (χ3n) is 3.03. The summed E-state index contributed by atoms with van der Waals surface area (Å²) in [6, 6.07) is 14.3. The summed E-state index contributed by atoms with van der Waals surface area (Å²) in [6.07, 6.45) is 0.318. The van der Waals surface area contributed by atoms with Crippen LogP contribution >= 0.6 is 11.6 Å². The highest BCUT2D eigenvalue weighted by Gasteiger charge is 2.04. The van der Waals surface area contributed by atoms with Crippen molar-refractivity contribution in [2.24, 2.45) is 0 Å². The van der Waals surface area contributed by atoms with Crippen LogP contribution in [0.5, 0.6) is 0 Å². The van der Waals surface area contributed by atoms with Crippen LogP contribution in [-0.4, -0.2) is 18.4 Å². The van der Waals surface area contributed by atoms with Gasteiger partial charge in [-0.15, -0.1) is 0 Å². The summed E-state index contributed by atoms with van der Waals surface area (Å²) in [4.78, 5) is 22.8. The average molecular weight is 332 g/mol. The summed E-state index contributed by atoms with van der Waals surface area (Å²) in [5.74, 6) is -0.232. The molecule has 2 aromatic rings. The van der Waals surface area contributed by atoms with Crippen molar-refractivity contribution in [1.29, 1.82) is 0 Å². The highest BCUT2D eigenvalue weighted by molar-refractivity contribution is 6.33. The quantitative estimate of drug-likeness (QED) is 0.755. The minimum atomic E-state index is -0.132. The number of halogens is 1. The lowest BCUT2D eigenvalue weighted by Gasteiger charge is -2.09. The molecule has 0 aliphatic rings. The fourth-order valence-corrected chi connectivity index (χ4v) is 2.18. The maximum atomic E-state index is 11.9. The average Bonchev–Trinajstić information content (AvgIpc) is 2.51. The van der Waals surface area contributed by atoms with Crippen molar-refractivity contribution in [3.63, 3.8) is 0 Å². The van der Waals surface area contributed by atoms with Crippen LogP contribution in [0.2, 0.25) is 5.02 Å². The highest BCUT2D eigenvalue weighted by Crippen LogP contribution is 2.20. The summed E-state index contributed by atoms with van der Waals surface area (Å²) in [5, 5.41) is 9.21. The lowest BCUT2D eigenvalue weighted by Crippen LogP contribution is -2.16. The van der Waals surface area contributed by atoms with Crippen LogP contribution in [0.25, 0.3) is 0 Å². The molecule has 5 nitrogen and oxygen atoms in total. The van der Waals surface area contributed by atoms with E-state index in [9.17, 15) is 9.59 Å². The van der Waals surface area contributed by atoms with Crippen molar-refractivity contribution in [3.8, 4) is 0 Å². The van der Waals surface area contributed by atoms with Gasteiger partial charge < -0.3 is 16.0 Å². The standard InChI is InChI=1S/C17H18ClN3O2/c1-12(22)20-13-6-8-14(9-7-13)21-17(23)10-11-19-16-5-3-2-4-15(16)18/h2-9,19H,10-11H2,1H3,(H,20,22)(H,21,23). The van der Waals surface area contributed by atoms with Gasteiger partial charge in [-0.05, 0) is 36.4 Å². The molecule has 2 rings (SSSR count). The Labute approximate surface area is 140 Å². The van der Waals surface area contributed by atoms with Gasteiger partial charge in [-0.25, -0.2) is 0 Å². The van der Waals surface area contributed by atoms with Gasteiger partial charge in [0.15, 0.2) is 0 Å². The number of carbonyl (C=O) groups excluding carboxylic acids is 2. The molecule has 0 saturated carbocycles. The zero-order chi connectivity index (χ0) is 16.7. The van der Waals surface area contributed by atoms with Crippen LogP contribution in [0.1, 0.15) is 13.3 Å². The van der Waals surface area contributed by atoms with Crippen LogP contribution in [-0.2, 0) is 9.59 Å². The molecule has 0 heterocycles. The van der Waals surface area contributed by atoms with Crippen molar-refractivity contribution in [2.75, 3.05) is 22.5 Å². The van der Waals surface area contributed by atoms with E-state index in [1.807, 2.05) is 18.2 Å². The number of rotatable bonds is 6. The van der Waals surface area contributed by atoms with Crippen LogP contribution < -0.4 is 16.0 Å². The third kappa shape index (κ3) is 5.64. The van der Waals surface area contributed by atoms with Crippen molar-refractivity contribution in [2.45, 2.75) is 13.3 Å². The molecule has 2 aromatic carbocycles. The van der Waals surface area contributed by atoms with Gasteiger partial charge in [0.25, 0.3) is 0 Å². The molecule has 3 N–H and O–H groups in total.